The molecule has 1 aromatic carbocycles. The van der Waals surface area contributed by atoms with E-state index in [0.29, 0.717) is 11.8 Å². The molecule has 1 aliphatic rings. The second kappa shape index (κ2) is 6.79. The first kappa shape index (κ1) is 13.4. The minimum atomic E-state index is 0.320. The topological polar surface area (TPSA) is 32.3 Å². The zero-order valence-corrected chi connectivity index (χ0v) is 11.4. The highest BCUT2D eigenvalue weighted by atomic mass is 16.3. The quantitative estimate of drug-likeness (QED) is 0.788. The van der Waals surface area contributed by atoms with E-state index in [1.807, 2.05) is 12.1 Å². The molecule has 2 heteroatoms. The van der Waals surface area contributed by atoms with Crippen molar-refractivity contribution in [3.63, 3.8) is 0 Å². The Morgan fingerprint density at radius 2 is 1.94 bits per heavy atom. The van der Waals surface area contributed by atoms with E-state index in [-0.39, 0.29) is 0 Å². The molecule has 1 fully saturated rings. The molecule has 0 heterocycles. The average molecular weight is 247 g/mol. The standard InChI is InChI=1S/C16H25NO/c1-13(15-9-6-10-16(18)11-15)17-12-14-7-4-2-3-5-8-14/h6,9-11,13-14,17-18H,2-5,7-8,12H2,1H3. The molecule has 1 aliphatic carbocycles. The van der Waals surface area contributed by atoms with Gasteiger partial charge in [-0.15, -0.1) is 0 Å². The van der Waals surface area contributed by atoms with E-state index in [4.69, 9.17) is 0 Å². The molecule has 2 nitrogen and oxygen atoms in total. The summed E-state index contributed by atoms with van der Waals surface area (Å²) in [5, 5.41) is 13.1. The van der Waals surface area contributed by atoms with Gasteiger partial charge in [0, 0.05) is 6.04 Å². The maximum absolute atomic E-state index is 9.49. The van der Waals surface area contributed by atoms with Crippen LogP contribution < -0.4 is 5.32 Å². The zero-order chi connectivity index (χ0) is 12.8. The van der Waals surface area contributed by atoms with Gasteiger partial charge in [-0.05, 0) is 49.9 Å². The van der Waals surface area contributed by atoms with Crippen LogP contribution in [0.15, 0.2) is 24.3 Å². The third-order valence-electron chi connectivity index (χ3n) is 4.06. The summed E-state index contributed by atoms with van der Waals surface area (Å²) in [5.74, 6) is 1.20. The molecule has 2 rings (SSSR count). The van der Waals surface area contributed by atoms with Crippen LogP contribution in [0.1, 0.15) is 57.1 Å². The Hall–Kier alpha value is -1.02. The zero-order valence-electron chi connectivity index (χ0n) is 11.4. The smallest absolute Gasteiger partial charge is 0.115 e. The van der Waals surface area contributed by atoms with E-state index < -0.39 is 0 Å². The van der Waals surface area contributed by atoms with Gasteiger partial charge in [0.15, 0.2) is 0 Å². The molecular weight excluding hydrogens is 222 g/mol. The molecule has 0 amide bonds. The number of hydrogen-bond donors (Lipinski definition) is 2. The number of nitrogens with one attached hydrogen (secondary N) is 1. The summed E-state index contributed by atoms with van der Waals surface area (Å²) < 4.78 is 0. The summed E-state index contributed by atoms with van der Waals surface area (Å²) in [7, 11) is 0. The second-order valence-electron chi connectivity index (χ2n) is 5.58. The number of aromatic hydroxyl groups is 1. The number of phenolic OH excluding ortho intramolecular Hbond substituents is 1. The molecule has 0 aliphatic heterocycles. The molecule has 1 saturated carbocycles. The first-order chi connectivity index (χ1) is 8.75. The highest BCUT2D eigenvalue weighted by molar-refractivity contribution is 5.28. The van der Waals surface area contributed by atoms with Crippen LogP contribution in [-0.4, -0.2) is 11.7 Å². The third-order valence-corrected chi connectivity index (χ3v) is 4.06. The van der Waals surface area contributed by atoms with Gasteiger partial charge in [0.25, 0.3) is 0 Å². The largest absolute Gasteiger partial charge is 0.508 e. The van der Waals surface area contributed by atoms with Gasteiger partial charge < -0.3 is 10.4 Å². The van der Waals surface area contributed by atoms with Crippen LogP contribution in [0.2, 0.25) is 0 Å². The number of benzene rings is 1. The van der Waals surface area contributed by atoms with Crippen LogP contribution in [0, 0.1) is 5.92 Å². The van der Waals surface area contributed by atoms with Crippen LogP contribution in [0.4, 0.5) is 0 Å². The lowest BCUT2D eigenvalue weighted by atomic mass is 9.99. The summed E-state index contributed by atoms with van der Waals surface area (Å²) in [4.78, 5) is 0. The number of rotatable bonds is 4. The van der Waals surface area contributed by atoms with Crippen LogP contribution in [0.3, 0.4) is 0 Å². The molecule has 100 valence electrons. The summed E-state index contributed by atoms with van der Waals surface area (Å²) >= 11 is 0. The fourth-order valence-electron chi connectivity index (χ4n) is 2.82. The van der Waals surface area contributed by atoms with Crippen LogP contribution >= 0.6 is 0 Å². The van der Waals surface area contributed by atoms with Crippen LogP contribution in [-0.2, 0) is 0 Å². The molecule has 0 radical (unpaired) electrons. The molecular formula is C16H25NO. The van der Waals surface area contributed by atoms with E-state index in [2.05, 4.69) is 18.3 Å². The lowest BCUT2D eigenvalue weighted by Crippen LogP contribution is -2.25. The Morgan fingerprint density at radius 1 is 1.22 bits per heavy atom. The third kappa shape index (κ3) is 4.02. The van der Waals surface area contributed by atoms with Gasteiger partial charge in [-0.25, -0.2) is 0 Å². The van der Waals surface area contributed by atoms with Gasteiger partial charge in [-0.3, -0.25) is 0 Å². The van der Waals surface area contributed by atoms with Crippen molar-refractivity contribution in [1.29, 1.82) is 0 Å². The lowest BCUT2D eigenvalue weighted by Gasteiger charge is -2.19. The molecule has 0 aromatic heterocycles. The lowest BCUT2D eigenvalue weighted by molar-refractivity contribution is 0.402. The van der Waals surface area contributed by atoms with E-state index in [1.165, 1.54) is 44.1 Å². The van der Waals surface area contributed by atoms with E-state index in [0.717, 1.165) is 12.5 Å². The fraction of sp³-hybridized carbons (Fsp3) is 0.625. The monoisotopic (exact) mass is 247 g/mol. The predicted octanol–water partition coefficient (Wildman–Crippen LogP) is 4.01. The molecule has 1 aromatic rings. The number of phenols is 1. The van der Waals surface area contributed by atoms with Crippen molar-refractivity contribution < 1.29 is 5.11 Å². The van der Waals surface area contributed by atoms with Crippen molar-refractivity contribution in [2.24, 2.45) is 5.92 Å². The van der Waals surface area contributed by atoms with E-state index in [1.54, 1.807) is 6.07 Å². The van der Waals surface area contributed by atoms with Crippen molar-refractivity contribution in [3.05, 3.63) is 29.8 Å². The maximum atomic E-state index is 9.49. The van der Waals surface area contributed by atoms with Gasteiger partial charge >= 0.3 is 0 Å². The van der Waals surface area contributed by atoms with Gasteiger partial charge in [0.2, 0.25) is 0 Å². The fourth-order valence-corrected chi connectivity index (χ4v) is 2.82. The Morgan fingerprint density at radius 3 is 2.61 bits per heavy atom. The van der Waals surface area contributed by atoms with Gasteiger partial charge in [0.05, 0.1) is 0 Å². The molecule has 0 spiro atoms. The normalized spacial score (nSPS) is 19.4. The maximum Gasteiger partial charge on any atom is 0.115 e. The summed E-state index contributed by atoms with van der Waals surface area (Å²) in [6, 6.07) is 7.88. The van der Waals surface area contributed by atoms with Gasteiger partial charge in [0.1, 0.15) is 5.75 Å². The predicted molar refractivity (Wildman–Crippen MR) is 75.7 cm³/mol. The Labute approximate surface area is 110 Å². The minimum Gasteiger partial charge on any atom is -0.508 e. The molecule has 0 bridgehead atoms. The first-order valence-electron chi connectivity index (χ1n) is 7.28. The van der Waals surface area contributed by atoms with Gasteiger partial charge in [-0.2, -0.15) is 0 Å². The summed E-state index contributed by atoms with van der Waals surface area (Å²) in [6.45, 7) is 3.28. The molecule has 2 N–H and O–H groups in total. The summed E-state index contributed by atoms with van der Waals surface area (Å²) in [6.07, 6.45) is 8.37. The first-order valence-corrected chi connectivity index (χ1v) is 7.28. The molecule has 18 heavy (non-hydrogen) atoms. The van der Waals surface area contributed by atoms with Crippen molar-refractivity contribution in [3.8, 4) is 5.75 Å². The second-order valence-corrected chi connectivity index (χ2v) is 5.58. The minimum absolute atomic E-state index is 0.320. The van der Waals surface area contributed by atoms with Crippen LogP contribution in [0.5, 0.6) is 5.75 Å². The average Bonchev–Trinajstić information content (AvgIpc) is 2.64. The number of hydrogen-bond acceptors (Lipinski definition) is 2. The SMILES string of the molecule is CC(NCC1CCCCCC1)c1cccc(O)c1. The Bertz CT molecular complexity index is 356. The van der Waals surface area contributed by atoms with E-state index in [9.17, 15) is 5.11 Å². The van der Waals surface area contributed by atoms with Crippen molar-refractivity contribution in [2.45, 2.75) is 51.5 Å². The molecule has 1 unspecified atom stereocenters. The highest BCUT2D eigenvalue weighted by Gasteiger charge is 2.13. The van der Waals surface area contributed by atoms with Crippen LogP contribution in [0.25, 0.3) is 0 Å². The molecule has 1 atom stereocenters. The highest BCUT2D eigenvalue weighted by Crippen LogP contribution is 2.23. The van der Waals surface area contributed by atoms with E-state index >= 15 is 0 Å². The van der Waals surface area contributed by atoms with Gasteiger partial charge in [-0.1, -0.05) is 37.8 Å². The Kier molecular flexibility index (Phi) is 5.06. The van der Waals surface area contributed by atoms with Crippen molar-refractivity contribution in [1.82, 2.24) is 5.32 Å². The summed E-state index contributed by atoms with van der Waals surface area (Å²) in [5.41, 5.74) is 1.17. The van der Waals surface area contributed by atoms with Crippen molar-refractivity contribution >= 4 is 0 Å². The molecule has 0 saturated heterocycles. The van der Waals surface area contributed by atoms with Crippen molar-refractivity contribution in [2.75, 3.05) is 6.54 Å². The Balaban J connectivity index is 1.82.